The summed E-state index contributed by atoms with van der Waals surface area (Å²) >= 11 is 0. The van der Waals surface area contributed by atoms with Gasteiger partial charge < -0.3 is 10.7 Å². The van der Waals surface area contributed by atoms with Crippen molar-refractivity contribution in [1.29, 1.82) is 0 Å². The first-order valence-electron chi connectivity index (χ1n) is 5.36. The zero-order valence-electron chi connectivity index (χ0n) is 9.64. The van der Waals surface area contributed by atoms with Crippen molar-refractivity contribution in [3.8, 4) is 0 Å². The van der Waals surface area contributed by atoms with Gasteiger partial charge in [0.1, 0.15) is 5.82 Å². The molecular weight excluding hydrogens is 214 g/mol. The molecule has 0 unspecified atom stereocenters. The van der Waals surface area contributed by atoms with Crippen molar-refractivity contribution in [3.05, 3.63) is 47.9 Å². The van der Waals surface area contributed by atoms with E-state index in [4.69, 9.17) is 5.84 Å². The number of nitrogens with two attached hydrogens (primary N) is 1. The number of hydrogen-bond acceptors (Lipinski definition) is 5. The van der Waals surface area contributed by atoms with Crippen LogP contribution in [0.15, 0.2) is 36.7 Å². The molecule has 0 saturated carbocycles. The van der Waals surface area contributed by atoms with Crippen molar-refractivity contribution in [2.45, 2.75) is 13.5 Å². The Morgan fingerprint density at radius 1 is 1.24 bits per heavy atom. The molecule has 0 aliphatic rings. The summed E-state index contributed by atoms with van der Waals surface area (Å²) in [5.41, 5.74) is 5.63. The highest BCUT2D eigenvalue weighted by Gasteiger charge is 1.96. The molecule has 0 amide bonds. The van der Waals surface area contributed by atoms with E-state index in [9.17, 15) is 0 Å². The molecule has 4 N–H and O–H groups in total. The first-order valence-corrected chi connectivity index (χ1v) is 5.36. The van der Waals surface area contributed by atoms with Crippen LogP contribution in [0, 0.1) is 6.92 Å². The van der Waals surface area contributed by atoms with E-state index >= 15 is 0 Å². The number of nitrogens with one attached hydrogen (secondary N) is 2. The van der Waals surface area contributed by atoms with Crippen LogP contribution in [0.2, 0.25) is 0 Å². The summed E-state index contributed by atoms with van der Waals surface area (Å²) in [6.07, 6.45) is 3.57. The molecule has 2 heterocycles. The van der Waals surface area contributed by atoms with Gasteiger partial charge in [-0.2, -0.15) is 0 Å². The molecule has 0 aliphatic carbocycles. The second-order valence-corrected chi connectivity index (χ2v) is 3.74. The number of hydrazine groups is 1. The van der Waals surface area contributed by atoms with Gasteiger partial charge >= 0.3 is 0 Å². The normalized spacial score (nSPS) is 10.0. The number of aromatic nitrogens is 2. The van der Waals surface area contributed by atoms with E-state index in [1.807, 2.05) is 31.3 Å². The SMILES string of the molecule is Cc1ccc(CNc2ccnc(NN)c2)cn1. The smallest absolute Gasteiger partial charge is 0.141 e. The molecule has 0 fully saturated rings. The minimum absolute atomic E-state index is 0.636. The van der Waals surface area contributed by atoms with Gasteiger partial charge in [-0.15, -0.1) is 0 Å². The van der Waals surface area contributed by atoms with Gasteiger partial charge in [-0.3, -0.25) is 4.98 Å². The van der Waals surface area contributed by atoms with Crippen LogP contribution in [0.25, 0.3) is 0 Å². The van der Waals surface area contributed by atoms with Gasteiger partial charge in [-0.25, -0.2) is 10.8 Å². The molecule has 0 atom stereocenters. The Labute approximate surface area is 100 Å². The maximum atomic E-state index is 5.29. The summed E-state index contributed by atoms with van der Waals surface area (Å²) in [7, 11) is 0. The molecule has 0 aliphatic heterocycles. The Morgan fingerprint density at radius 3 is 2.82 bits per heavy atom. The first kappa shape index (κ1) is 11.3. The highest BCUT2D eigenvalue weighted by molar-refractivity contribution is 5.51. The van der Waals surface area contributed by atoms with E-state index in [1.54, 1.807) is 6.20 Å². The molecule has 2 aromatic rings. The monoisotopic (exact) mass is 229 g/mol. The molecule has 0 aromatic carbocycles. The number of hydrogen-bond donors (Lipinski definition) is 3. The highest BCUT2D eigenvalue weighted by atomic mass is 15.2. The lowest BCUT2D eigenvalue weighted by Crippen LogP contribution is -2.09. The fourth-order valence-electron chi connectivity index (χ4n) is 1.43. The zero-order chi connectivity index (χ0) is 12.1. The Kier molecular flexibility index (Phi) is 3.52. The molecule has 0 saturated heterocycles. The van der Waals surface area contributed by atoms with Gasteiger partial charge in [0.05, 0.1) is 0 Å². The molecule has 5 heteroatoms. The zero-order valence-corrected chi connectivity index (χ0v) is 9.64. The van der Waals surface area contributed by atoms with E-state index in [2.05, 4.69) is 26.8 Å². The van der Waals surface area contributed by atoms with Gasteiger partial charge in [-0.05, 0) is 24.6 Å². The molecule has 0 radical (unpaired) electrons. The number of nitrogen functional groups attached to an aromatic ring is 1. The summed E-state index contributed by atoms with van der Waals surface area (Å²) < 4.78 is 0. The molecule has 5 nitrogen and oxygen atoms in total. The van der Waals surface area contributed by atoms with Crippen LogP contribution in [0.5, 0.6) is 0 Å². The third-order valence-corrected chi connectivity index (χ3v) is 2.38. The van der Waals surface area contributed by atoms with Crippen LogP contribution in [0.3, 0.4) is 0 Å². The predicted octanol–water partition coefficient (Wildman–Crippen LogP) is 1.68. The van der Waals surface area contributed by atoms with Crippen molar-refractivity contribution in [2.75, 3.05) is 10.7 Å². The molecule has 2 rings (SSSR count). The quantitative estimate of drug-likeness (QED) is 0.549. The summed E-state index contributed by atoms with van der Waals surface area (Å²) in [6.45, 7) is 2.70. The maximum Gasteiger partial charge on any atom is 0.141 e. The number of nitrogens with zero attached hydrogens (tertiary/aromatic N) is 2. The van der Waals surface area contributed by atoms with Gasteiger partial charge in [0.2, 0.25) is 0 Å². The van der Waals surface area contributed by atoms with Crippen LogP contribution >= 0.6 is 0 Å². The van der Waals surface area contributed by atoms with E-state index in [1.165, 1.54) is 0 Å². The number of aryl methyl sites for hydroxylation is 1. The third-order valence-electron chi connectivity index (χ3n) is 2.38. The van der Waals surface area contributed by atoms with Crippen molar-refractivity contribution in [1.82, 2.24) is 9.97 Å². The highest BCUT2D eigenvalue weighted by Crippen LogP contribution is 2.12. The summed E-state index contributed by atoms with van der Waals surface area (Å²) in [5.74, 6) is 5.93. The van der Waals surface area contributed by atoms with Crippen molar-refractivity contribution in [3.63, 3.8) is 0 Å². The fourth-order valence-corrected chi connectivity index (χ4v) is 1.43. The number of rotatable bonds is 4. The Balaban J connectivity index is 1.99. The minimum Gasteiger partial charge on any atom is -0.381 e. The van der Waals surface area contributed by atoms with Crippen LogP contribution < -0.4 is 16.6 Å². The van der Waals surface area contributed by atoms with Crippen LogP contribution in [-0.4, -0.2) is 9.97 Å². The molecule has 0 spiro atoms. The minimum atomic E-state index is 0.636. The maximum absolute atomic E-state index is 5.29. The second kappa shape index (κ2) is 5.27. The summed E-state index contributed by atoms with van der Waals surface area (Å²) in [5, 5.41) is 3.28. The predicted molar refractivity (Wildman–Crippen MR) is 68.3 cm³/mol. The van der Waals surface area contributed by atoms with Gasteiger partial charge in [-0.1, -0.05) is 6.07 Å². The topological polar surface area (TPSA) is 75.9 Å². The van der Waals surface area contributed by atoms with E-state index in [0.29, 0.717) is 5.82 Å². The van der Waals surface area contributed by atoms with Crippen LogP contribution in [0.1, 0.15) is 11.3 Å². The molecule has 2 aromatic heterocycles. The molecular formula is C12H15N5. The van der Waals surface area contributed by atoms with E-state index < -0.39 is 0 Å². The third kappa shape index (κ3) is 3.15. The Morgan fingerprint density at radius 2 is 2.12 bits per heavy atom. The number of pyridine rings is 2. The number of anilines is 2. The van der Waals surface area contributed by atoms with Crippen LogP contribution in [0.4, 0.5) is 11.5 Å². The standard InChI is InChI=1S/C12H15N5/c1-9-2-3-10(7-15-9)8-16-11-4-5-14-12(6-11)17-13/h2-7H,8,13H2,1H3,(H2,14,16,17). The van der Waals surface area contributed by atoms with Gasteiger partial charge in [0.25, 0.3) is 0 Å². The lowest BCUT2D eigenvalue weighted by molar-refractivity contribution is 1.08. The molecule has 0 bridgehead atoms. The largest absolute Gasteiger partial charge is 0.381 e. The Hall–Kier alpha value is -2.14. The van der Waals surface area contributed by atoms with E-state index in [0.717, 1.165) is 23.5 Å². The second-order valence-electron chi connectivity index (χ2n) is 3.74. The lowest BCUT2D eigenvalue weighted by Gasteiger charge is -2.07. The van der Waals surface area contributed by atoms with Gasteiger partial charge in [0, 0.05) is 36.4 Å². The van der Waals surface area contributed by atoms with Crippen LogP contribution in [-0.2, 0) is 6.54 Å². The average Bonchev–Trinajstić information content (AvgIpc) is 2.38. The average molecular weight is 229 g/mol. The summed E-state index contributed by atoms with van der Waals surface area (Å²) in [4.78, 5) is 8.28. The first-order chi connectivity index (χ1) is 8.28. The van der Waals surface area contributed by atoms with E-state index in [-0.39, 0.29) is 0 Å². The Bertz CT molecular complexity index is 481. The molecule has 88 valence electrons. The van der Waals surface area contributed by atoms with Crippen molar-refractivity contribution in [2.24, 2.45) is 5.84 Å². The lowest BCUT2D eigenvalue weighted by atomic mass is 10.2. The summed E-state index contributed by atoms with van der Waals surface area (Å²) in [6, 6.07) is 7.79. The molecule has 17 heavy (non-hydrogen) atoms. The van der Waals surface area contributed by atoms with Crippen molar-refractivity contribution >= 4 is 11.5 Å². The van der Waals surface area contributed by atoms with Crippen molar-refractivity contribution < 1.29 is 0 Å². The fraction of sp³-hybridized carbons (Fsp3) is 0.167. The van der Waals surface area contributed by atoms with Gasteiger partial charge in [0.15, 0.2) is 0 Å².